The predicted molar refractivity (Wildman–Crippen MR) is 43.9 cm³/mol. The Morgan fingerprint density at radius 2 is 2.00 bits per heavy atom. The Morgan fingerprint density at radius 3 is 2.60 bits per heavy atom. The van der Waals surface area contributed by atoms with E-state index in [4.69, 9.17) is 0 Å². The number of hydrogen-bond donors (Lipinski definition) is 0. The first-order chi connectivity index (χ1) is 4.86. The summed E-state index contributed by atoms with van der Waals surface area (Å²) in [4.78, 5) is 0. The van der Waals surface area contributed by atoms with Crippen LogP contribution in [0.25, 0.3) is 0 Å². The fourth-order valence-corrected chi connectivity index (χ4v) is 1.14. The smallest absolute Gasteiger partial charge is 0.115 e. The fourth-order valence-electron chi connectivity index (χ4n) is 0.796. The second kappa shape index (κ2) is 3.71. The summed E-state index contributed by atoms with van der Waals surface area (Å²) in [6, 6.07) is 7.47. The molecule has 0 aromatic heterocycles. The van der Waals surface area contributed by atoms with Crippen molar-refractivity contribution in [1.82, 2.24) is 0 Å². The topological polar surface area (TPSA) is 0 Å². The summed E-state index contributed by atoms with van der Waals surface area (Å²) < 4.78 is 12.0. The number of hydrogen-bond acceptors (Lipinski definition) is 0. The van der Waals surface area contributed by atoms with Crippen molar-refractivity contribution in [1.29, 1.82) is 0 Å². The van der Waals surface area contributed by atoms with Crippen molar-refractivity contribution in [3.05, 3.63) is 35.4 Å². The minimum Gasteiger partial charge on any atom is -0.246 e. The summed E-state index contributed by atoms with van der Waals surface area (Å²) in [5.41, 5.74) is 1.87. The van der Waals surface area contributed by atoms with Crippen LogP contribution < -0.4 is 0 Å². The van der Waals surface area contributed by atoms with E-state index in [-0.39, 0.29) is 6.67 Å². The van der Waals surface area contributed by atoms with E-state index < -0.39 is 0 Å². The second-order valence-electron chi connectivity index (χ2n) is 2.09. The lowest BCUT2D eigenvalue weighted by atomic mass is 10.2. The molecule has 0 unspecified atom stereocenters. The first-order valence-corrected chi connectivity index (χ1v) is 4.18. The van der Waals surface area contributed by atoms with Gasteiger partial charge in [-0.15, -0.1) is 0 Å². The molecule has 0 atom stereocenters. The maximum absolute atomic E-state index is 12.0. The van der Waals surface area contributed by atoms with Gasteiger partial charge in [0.05, 0.1) is 0 Å². The van der Waals surface area contributed by atoms with Gasteiger partial charge < -0.3 is 0 Å². The molecule has 0 radical (unpaired) electrons. The third-order valence-corrected chi connectivity index (χ3v) is 1.95. The van der Waals surface area contributed by atoms with Gasteiger partial charge in [-0.25, -0.2) is 4.39 Å². The van der Waals surface area contributed by atoms with Crippen LogP contribution >= 0.6 is 15.9 Å². The largest absolute Gasteiger partial charge is 0.246 e. The van der Waals surface area contributed by atoms with E-state index in [1.54, 1.807) is 6.07 Å². The number of benzene rings is 1. The number of rotatable bonds is 2. The highest BCUT2D eigenvalue weighted by molar-refractivity contribution is 9.08. The lowest BCUT2D eigenvalue weighted by Gasteiger charge is -1.96. The summed E-state index contributed by atoms with van der Waals surface area (Å²) in [6.07, 6.45) is 0. The van der Waals surface area contributed by atoms with E-state index in [1.165, 1.54) is 0 Å². The molecule has 0 nitrogen and oxygen atoms in total. The lowest BCUT2D eigenvalue weighted by Crippen LogP contribution is -1.81. The molecule has 1 aromatic rings. The maximum Gasteiger partial charge on any atom is 0.115 e. The van der Waals surface area contributed by atoms with Crippen molar-refractivity contribution in [2.75, 3.05) is 0 Å². The maximum atomic E-state index is 12.0. The molecule has 0 amide bonds. The van der Waals surface area contributed by atoms with Crippen LogP contribution in [0.2, 0.25) is 0 Å². The van der Waals surface area contributed by atoms with Crippen molar-refractivity contribution in [3.63, 3.8) is 0 Å². The molecule has 54 valence electrons. The molecule has 1 aromatic carbocycles. The predicted octanol–water partition coefficient (Wildman–Crippen LogP) is 3.05. The van der Waals surface area contributed by atoms with Gasteiger partial charge >= 0.3 is 0 Å². The van der Waals surface area contributed by atoms with Crippen LogP contribution in [0.1, 0.15) is 11.1 Å². The zero-order valence-corrected chi connectivity index (χ0v) is 7.07. The Bertz CT molecular complexity index is 191. The van der Waals surface area contributed by atoms with Gasteiger partial charge in [0.25, 0.3) is 0 Å². The van der Waals surface area contributed by atoms with Crippen molar-refractivity contribution in [2.45, 2.75) is 12.0 Å². The number of halogens is 2. The zero-order chi connectivity index (χ0) is 7.40. The standard InChI is InChI=1S/C8H8BrF/c9-5-7-2-1-3-8(4-7)6-10/h1-4H,5-6H2. The van der Waals surface area contributed by atoms with E-state index in [1.807, 2.05) is 18.2 Å². The molecule has 0 N–H and O–H groups in total. The summed E-state index contributed by atoms with van der Waals surface area (Å²) in [6.45, 7) is -0.374. The van der Waals surface area contributed by atoms with Crippen molar-refractivity contribution >= 4 is 15.9 Å². The molecule has 0 heterocycles. The van der Waals surface area contributed by atoms with Crippen molar-refractivity contribution < 1.29 is 4.39 Å². The Kier molecular flexibility index (Phi) is 2.87. The molecule has 10 heavy (non-hydrogen) atoms. The van der Waals surface area contributed by atoms with Gasteiger partial charge in [-0.3, -0.25) is 0 Å². The molecule has 0 saturated carbocycles. The minimum absolute atomic E-state index is 0.374. The summed E-state index contributed by atoms with van der Waals surface area (Å²) in [5.74, 6) is 0. The van der Waals surface area contributed by atoms with Crippen LogP contribution in [0.4, 0.5) is 4.39 Å². The van der Waals surface area contributed by atoms with Crippen molar-refractivity contribution in [2.24, 2.45) is 0 Å². The van der Waals surface area contributed by atoms with E-state index in [0.29, 0.717) is 0 Å². The summed E-state index contributed by atoms with van der Waals surface area (Å²) >= 11 is 3.30. The van der Waals surface area contributed by atoms with Gasteiger partial charge in [-0.1, -0.05) is 40.2 Å². The minimum atomic E-state index is -0.374. The molecule has 0 saturated heterocycles. The van der Waals surface area contributed by atoms with Crippen LogP contribution in [0.15, 0.2) is 24.3 Å². The van der Waals surface area contributed by atoms with Crippen LogP contribution in [0.5, 0.6) is 0 Å². The average molecular weight is 203 g/mol. The summed E-state index contributed by atoms with van der Waals surface area (Å²) in [7, 11) is 0. The average Bonchev–Trinajstić information content (AvgIpc) is 2.05. The van der Waals surface area contributed by atoms with Gasteiger partial charge in [0, 0.05) is 5.33 Å². The van der Waals surface area contributed by atoms with E-state index in [9.17, 15) is 4.39 Å². The van der Waals surface area contributed by atoms with Gasteiger partial charge in [0.15, 0.2) is 0 Å². The quantitative estimate of drug-likeness (QED) is 0.648. The van der Waals surface area contributed by atoms with Crippen LogP contribution in [-0.4, -0.2) is 0 Å². The summed E-state index contributed by atoms with van der Waals surface area (Å²) in [5, 5.41) is 0.792. The molecular weight excluding hydrogens is 195 g/mol. The molecule has 2 heteroatoms. The first-order valence-electron chi connectivity index (χ1n) is 3.06. The van der Waals surface area contributed by atoms with Gasteiger partial charge in [0.1, 0.15) is 6.67 Å². The highest BCUT2D eigenvalue weighted by Crippen LogP contribution is 2.09. The molecule has 0 aliphatic rings. The number of alkyl halides is 2. The molecule has 0 aliphatic heterocycles. The van der Waals surface area contributed by atoms with Gasteiger partial charge in [0.2, 0.25) is 0 Å². The Labute approximate surface area is 68.2 Å². The first kappa shape index (κ1) is 7.73. The molecule has 0 fully saturated rings. The molecular formula is C8H8BrF. The van der Waals surface area contributed by atoms with E-state index >= 15 is 0 Å². The highest BCUT2D eigenvalue weighted by Gasteiger charge is 1.91. The SMILES string of the molecule is FCc1cccc(CBr)c1. The van der Waals surface area contributed by atoms with Gasteiger partial charge in [-0.05, 0) is 11.1 Å². The molecule has 0 spiro atoms. The molecule has 0 aliphatic carbocycles. The molecule has 0 bridgehead atoms. The van der Waals surface area contributed by atoms with Gasteiger partial charge in [-0.2, -0.15) is 0 Å². The normalized spacial score (nSPS) is 9.80. The monoisotopic (exact) mass is 202 g/mol. The third kappa shape index (κ3) is 1.81. The second-order valence-corrected chi connectivity index (χ2v) is 2.65. The van der Waals surface area contributed by atoms with Crippen LogP contribution in [0.3, 0.4) is 0 Å². The van der Waals surface area contributed by atoms with E-state index in [0.717, 1.165) is 16.5 Å². The molecule has 1 rings (SSSR count). The Hall–Kier alpha value is -0.370. The Morgan fingerprint density at radius 1 is 1.30 bits per heavy atom. The highest BCUT2D eigenvalue weighted by atomic mass is 79.9. The third-order valence-electron chi connectivity index (χ3n) is 1.30. The van der Waals surface area contributed by atoms with Crippen molar-refractivity contribution in [3.8, 4) is 0 Å². The zero-order valence-electron chi connectivity index (χ0n) is 5.48. The van der Waals surface area contributed by atoms with Crippen LogP contribution in [-0.2, 0) is 12.0 Å². The Balaban J connectivity index is 2.87. The van der Waals surface area contributed by atoms with Crippen LogP contribution in [0, 0.1) is 0 Å². The fraction of sp³-hybridized carbons (Fsp3) is 0.250. The van der Waals surface area contributed by atoms with E-state index in [2.05, 4.69) is 15.9 Å². The lowest BCUT2D eigenvalue weighted by molar-refractivity contribution is 0.485.